The molecule has 4 heteroatoms. The van der Waals surface area contributed by atoms with Gasteiger partial charge in [0.15, 0.2) is 5.78 Å². The van der Waals surface area contributed by atoms with Crippen molar-refractivity contribution in [3.05, 3.63) is 63.7 Å². The molecule has 3 nitrogen and oxygen atoms in total. The summed E-state index contributed by atoms with van der Waals surface area (Å²) in [6.07, 6.45) is 0.354. The van der Waals surface area contributed by atoms with Crippen LogP contribution in [0.1, 0.15) is 27.0 Å². The van der Waals surface area contributed by atoms with Crippen molar-refractivity contribution in [1.29, 1.82) is 0 Å². The molecule has 2 aromatic rings. The number of benzene rings is 2. The predicted octanol–water partition coefficient (Wildman–Crippen LogP) is 3.40. The van der Waals surface area contributed by atoms with Crippen LogP contribution in [0.3, 0.4) is 0 Å². The summed E-state index contributed by atoms with van der Waals surface area (Å²) in [5.74, 6) is -0.00324. The summed E-state index contributed by atoms with van der Waals surface area (Å²) in [7, 11) is 1.75. The molecule has 0 N–H and O–H groups in total. The van der Waals surface area contributed by atoms with Crippen LogP contribution in [0.4, 0.5) is 5.69 Å². The standard InChI is InChI=1S/C17H14ClNO2/c1-10-7-11(3-5-14(10)18)17(21)12-4-6-15-13(8-12)9-16(20)19(15)2/h3-8H,9H2,1-2H3. The van der Waals surface area contributed by atoms with Crippen molar-refractivity contribution < 1.29 is 9.59 Å². The number of carbonyl (C=O) groups is 2. The van der Waals surface area contributed by atoms with Crippen LogP contribution < -0.4 is 4.90 Å². The maximum atomic E-state index is 12.5. The van der Waals surface area contributed by atoms with Gasteiger partial charge in [-0.05, 0) is 54.4 Å². The molecule has 0 unspecified atom stereocenters. The van der Waals surface area contributed by atoms with Gasteiger partial charge >= 0.3 is 0 Å². The largest absolute Gasteiger partial charge is 0.315 e. The SMILES string of the molecule is Cc1cc(C(=O)c2ccc3c(c2)CC(=O)N3C)ccc1Cl. The summed E-state index contributed by atoms with van der Waals surface area (Å²) in [4.78, 5) is 25.8. The summed E-state index contributed by atoms with van der Waals surface area (Å²) in [5, 5.41) is 0.646. The summed E-state index contributed by atoms with van der Waals surface area (Å²) >= 11 is 5.99. The molecular weight excluding hydrogens is 286 g/mol. The highest BCUT2D eigenvalue weighted by atomic mass is 35.5. The van der Waals surface area contributed by atoms with E-state index in [0.29, 0.717) is 22.6 Å². The number of rotatable bonds is 2. The van der Waals surface area contributed by atoms with Crippen LogP contribution in [0, 0.1) is 6.92 Å². The molecule has 0 bridgehead atoms. The van der Waals surface area contributed by atoms with Gasteiger partial charge in [0.1, 0.15) is 0 Å². The van der Waals surface area contributed by atoms with Crippen molar-refractivity contribution in [3.8, 4) is 0 Å². The Bertz CT molecular complexity index is 767. The van der Waals surface area contributed by atoms with E-state index < -0.39 is 0 Å². The summed E-state index contributed by atoms with van der Waals surface area (Å²) in [6, 6.07) is 10.6. The first-order valence-corrected chi connectivity index (χ1v) is 7.05. The van der Waals surface area contributed by atoms with E-state index in [2.05, 4.69) is 0 Å². The number of likely N-dealkylation sites (N-methyl/N-ethyl adjacent to an activating group) is 1. The molecule has 21 heavy (non-hydrogen) atoms. The molecule has 1 aliphatic heterocycles. The average molecular weight is 300 g/mol. The molecule has 0 saturated carbocycles. The van der Waals surface area contributed by atoms with Crippen molar-refractivity contribution in [3.63, 3.8) is 0 Å². The third-order valence-electron chi connectivity index (χ3n) is 3.84. The van der Waals surface area contributed by atoms with Gasteiger partial charge in [0.25, 0.3) is 0 Å². The Morgan fingerprint density at radius 2 is 1.81 bits per heavy atom. The van der Waals surface area contributed by atoms with E-state index in [1.807, 2.05) is 19.1 Å². The van der Waals surface area contributed by atoms with Crippen LogP contribution in [0.5, 0.6) is 0 Å². The van der Waals surface area contributed by atoms with E-state index in [4.69, 9.17) is 11.6 Å². The van der Waals surface area contributed by atoms with E-state index in [1.165, 1.54) is 0 Å². The fraction of sp³-hybridized carbons (Fsp3) is 0.176. The molecule has 1 amide bonds. The van der Waals surface area contributed by atoms with Gasteiger partial charge in [-0.15, -0.1) is 0 Å². The summed E-state index contributed by atoms with van der Waals surface area (Å²) in [6.45, 7) is 1.87. The Hall–Kier alpha value is -2.13. The first-order chi connectivity index (χ1) is 9.97. The van der Waals surface area contributed by atoms with E-state index in [0.717, 1.165) is 16.8 Å². The molecule has 2 aromatic carbocycles. The molecule has 106 valence electrons. The smallest absolute Gasteiger partial charge is 0.231 e. The molecule has 0 spiro atoms. The number of fused-ring (bicyclic) bond motifs is 1. The van der Waals surface area contributed by atoms with Crippen molar-refractivity contribution in [2.24, 2.45) is 0 Å². The molecule has 0 atom stereocenters. The Morgan fingerprint density at radius 3 is 2.52 bits per heavy atom. The number of nitrogens with zero attached hydrogens (tertiary/aromatic N) is 1. The molecule has 1 heterocycles. The van der Waals surface area contributed by atoms with Crippen molar-refractivity contribution in [2.75, 3.05) is 11.9 Å². The zero-order valence-electron chi connectivity index (χ0n) is 11.8. The number of carbonyl (C=O) groups excluding carboxylic acids is 2. The minimum absolute atomic E-state index is 0.0527. The topological polar surface area (TPSA) is 37.4 Å². The third-order valence-corrected chi connectivity index (χ3v) is 4.26. The average Bonchev–Trinajstić information content (AvgIpc) is 2.76. The maximum Gasteiger partial charge on any atom is 0.231 e. The fourth-order valence-electron chi connectivity index (χ4n) is 2.56. The zero-order chi connectivity index (χ0) is 15.1. The fourth-order valence-corrected chi connectivity index (χ4v) is 2.68. The maximum absolute atomic E-state index is 12.5. The molecule has 1 aliphatic rings. The van der Waals surface area contributed by atoms with Gasteiger partial charge in [0.05, 0.1) is 6.42 Å². The van der Waals surface area contributed by atoms with Crippen LogP contribution >= 0.6 is 11.6 Å². The molecule has 0 radical (unpaired) electrons. The van der Waals surface area contributed by atoms with E-state index >= 15 is 0 Å². The summed E-state index contributed by atoms with van der Waals surface area (Å²) in [5.41, 5.74) is 3.86. The van der Waals surface area contributed by atoms with E-state index in [9.17, 15) is 9.59 Å². The lowest BCUT2D eigenvalue weighted by Gasteiger charge is -2.10. The van der Waals surface area contributed by atoms with Crippen LogP contribution in [-0.2, 0) is 11.2 Å². The van der Waals surface area contributed by atoms with Gasteiger partial charge in [0.2, 0.25) is 5.91 Å². The highest BCUT2D eigenvalue weighted by molar-refractivity contribution is 6.31. The Kier molecular flexibility index (Phi) is 3.30. The molecule has 0 aliphatic carbocycles. The number of hydrogen-bond donors (Lipinski definition) is 0. The number of amides is 1. The second-order valence-electron chi connectivity index (χ2n) is 5.27. The van der Waals surface area contributed by atoms with Gasteiger partial charge in [0, 0.05) is 28.9 Å². The van der Waals surface area contributed by atoms with Gasteiger partial charge < -0.3 is 4.90 Å². The molecular formula is C17H14ClNO2. The lowest BCUT2D eigenvalue weighted by atomic mass is 9.99. The first kappa shape index (κ1) is 13.8. The van der Waals surface area contributed by atoms with Crippen molar-refractivity contribution >= 4 is 29.0 Å². The number of anilines is 1. The second-order valence-corrected chi connectivity index (χ2v) is 5.67. The summed E-state index contributed by atoms with van der Waals surface area (Å²) < 4.78 is 0. The van der Waals surface area contributed by atoms with Crippen LogP contribution in [-0.4, -0.2) is 18.7 Å². The normalized spacial score (nSPS) is 13.5. The van der Waals surface area contributed by atoms with Gasteiger partial charge in [-0.3, -0.25) is 9.59 Å². The molecule has 0 fully saturated rings. The highest BCUT2D eigenvalue weighted by Crippen LogP contribution is 2.29. The van der Waals surface area contributed by atoms with Crippen molar-refractivity contribution in [1.82, 2.24) is 0 Å². The molecule has 0 aromatic heterocycles. The third kappa shape index (κ3) is 2.34. The zero-order valence-corrected chi connectivity index (χ0v) is 12.6. The first-order valence-electron chi connectivity index (χ1n) is 6.67. The minimum atomic E-state index is -0.0560. The van der Waals surface area contributed by atoms with Gasteiger partial charge in [-0.1, -0.05) is 11.6 Å². The Morgan fingerprint density at radius 1 is 1.14 bits per heavy atom. The van der Waals surface area contributed by atoms with Gasteiger partial charge in [-0.2, -0.15) is 0 Å². The number of ketones is 1. The molecule has 3 rings (SSSR count). The Labute approximate surface area is 128 Å². The lowest BCUT2D eigenvalue weighted by molar-refractivity contribution is -0.117. The van der Waals surface area contributed by atoms with E-state index in [1.54, 1.807) is 36.2 Å². The number of hydrogen-bond acceptors (Lipinski definition) is 2. The quantitative estimate of drug-likeness (QED) is 0.797. The highest BCUT2D eigenvalue weighted by Gasteiger charge is 2.25. The van der Waals surface area contributed by atoms with Gasteiger partial charge in [-0.25, -0.2) is 0 Å². The van der Waals surface area contributed by atoms with Crippen LogP contribution in [0.25, 0.3) is 0 Å². The Balaban J connectivity index is 1.98. The minimum Gasteiger partial charge on any atom is -0.315 e. The number of halogens is 1. The number of aryl methyl sites for hydroxylation is 1. The van der Waals surface area contributed by atoms with Crippen LogP contribution in [0.2, 0.25) is 5.02 Å². The second kappa shape index (κ2) is 5.01. The van der Waals surface area contributed by atoms with Crippen LogP contribution in [0.15, 0.2) is 36.4 Å². The van der Waals surface area contributed by atoms with E-state index in [-0.39, 0.29) is 11.7 Å². The monoisotopic (exact) mass is 299 g/mol. The lowest BCUT2D eigenvalue weighted by Crippen LogP contribution is -2.20. The predicted molar refractivity (Wildman–Crippen MR) is 83.2 cm³/mol. The molecule has 0 saturated heterocycles. The van der Waals surface area contributed by atoms with Crippen molar-refractivity contribution in [2.45, 2.75) is 13.3 Å².